The Morgan fingerprint density at radius 3 is 2.79 bits per heavy atom. The van der Waals surface area contributed by atoms with Crippen LogP contribution in [0.1, 0.15) is 21.1 Å². The minimum absolute atomic E-state index is 0.0776. The number of amides is 2. The van der Waals surface area contributed by atoms with Gasteiger partial charge in [-0.3, -0.25) is 9.59 Å². The Morgan fingerprint density at radius 1 is 1.21 bits per heavy atom. The molecule has 142 valence electrons. The second-order valence-corrected chi connectivity index (χ2v) is 7.37. The number of benzene rings is 2. The summed E-state index contributed by atoms with van der Waals surface area (Å²) in [6.07, 6.45) is 0.661. The summed E-state index contributed by atoms with van der Waals surface area (Å²) in [4.78, 5) is 31.3. The molecule has 4 rings (SSSR count). The van der Waals surface area contributed by atoms with E-state index in [2.05, 4.69) is 10.3 Å². The number of anilines is 1. The van der Waals surface area contributed by atoms with Crippen LogP contribution in [-0.2, 0) is 11.2 Å². The maximum atomic E-state index is 12.7. The molecule has 1 aliphatic rings. The summed E-state index contributed by atoms with van der Waals surface area (Å²) in [7, 11) is 1.68. The summed E-state index contributed by atoms with van der Waals surface area (Å²) >= 11 is 1.27. The van der Waals surface area contributed by atoms with E-state index in [1.54, 1.807) is 13.1 Å². The van der Waals surface area contributed by atoms with Crippen molar-refractivity contribution in [3.63, 3.8) is 0 Å². The van der Waals surface area contributed by atoms with E-state index >= 15 is 0 Å². The zero-order valence-corrected chi connectivity index (χ0v) is 16.1. The zero-order valence-electron chi connectivity index (χ0n) is 15.3. The molecule has 0 fully saturated rings. The smallest absolute Gasteiger partial charge is 0.281 e. The Morgan fingerprint density at radius 2 is 1.96 bits per heavy atom. The van der Waals surface area contributed by atoms with E-state index in [1.807, 2.05) is 53.9 Å². The Bertz CT molecular complexity index is 1000. The lowest BCUT2D eigenvalue weighted by Crippen LogP contribution is -2.49. The number of nitrogens with zero attached hydrogens (tertiary/aromatic N) is 2. The molecule has 0 saturated heterocycles. The number of para-hydroxylation sites is 2. The average molecular weight is 393 g/mol. The van der Waals surface area contributed by atoms with Crippen molar-refractivity contribution < 1.29 is 14.3 Å². The number of nitrogens with one attached hydrogen (secondary N) is 1. The minimum atomic E-state index is -0.772. The number of hydrogen-bond acceptors (Lipinski definition) is 5. The molecule has 0 spiro atoms. The first kappa shape index (κ1) is 18.2. The van der Waals surface area contributed by atoms with E-state index in [4.69, 9.17) is 4.74 Å². The Hall–Kier alpha value is -3.19. The van der Waals surface area contributed by atoms with Crippen molar-refractivity contribution >= 4 is 28.8 Å². The fourth-order valence-corrected chi connectivity index (χ4v) is 3.79. The Labute approximate surface area is 166 Å². The van der Waals surface area contributed by atoms with Crippen molar-refractivity contribution in [1.82, 2.24) is 10.3 Å². The molecule has 6 nitrogen and oxygen atoms in total. The lowest BCUT2D eigenvalue weighted by Gasteiger charge is -2.19. The van der Waals surface area contributed by atoms with Gasteiger partial charge < -0.3 is 15.0 Å². The van der Waals surface area contributed by atoms with Crippen LogP contribution in [0.5, 0.6) is 5.75 Å². The number of aromatic nitrogens is 1. The molecule has 2 aromatic carbocycles. The monoisotopic (exact) mass is 393 g/mol. The lowest BCUT2D eigenvalue weighted by molar-refractivity contribution is -0.120. The predicted octanol–water partition coefficient (Wildman–Crippen LogP) is 2.89. The summed E-state index contributed by atoms with van der Waals surface area (Å²) in [6.45, 7) is 0.0776. The number of ether oxygens (including phenoxy) is 1. The SMILES string of the molecule is CN1C(=O)[C@@H](NC(=O)c2nc(Cc3ccccc3)cs2)COc2ccccc21. The van der Waals surface area contributed by atoms with Gasteiger partial charge >= 0.3 is 0 Å². The fraction of sp³-hybridized carbons (Fsp3) is 0.190. The summed E-state index contributed by atoms with van der Waals surface area (Å²) in [5, 5.41) is 4.97. The molecule has 2 heterocycles. The zero-order chi connectivity index (χ0) is 19.5. The standard InChI is InChI=1S/C21H19N3O3S/c1-24-17-9-5-6-10-18(17)27-12-16(21(24)26)23-19(25)20-22-15(13-28-20)11-14-7-3-2-4-8-14/h2-10,13,16H,11-12H2,1H3,(H,23,25)/t16-/m0/s1. The molecule has 2 amide bonds. The van der Waals surface area contributed by atoms with Gasteiger partial charge in [-0.05, 0) is 17.7 Å². The maximum absolute atomic E-state index is 12.7. The highest BCUT2D eigenvalue weighted by atomic mass is 32.1. The third kappa shape index (κ3) is 3.75. The molecular formula is C21H19N3O3S. The lowest BCUT2D eigenvalue weighted by atomic mass is 10.1. The number of fused-ring (bicyclic) bond motifs is 1. The molecular weight excluding hydrogens is 374 g/mol. The van der Waals surface area contributed by atoms with Crippen molar-refractivity contribution in [3.05, 3.63) is 76.2 Å². The van der Waals surface area contributed by atoms with E-state index in [0.717, 1.165) is 11.3 Å². The van der Waals surface area contributed by atoms with Crippen LogP contribution in [0.2, 0.25) is 0 Å². The second-order valence-electron chi connectivity index (χ2n) is 6.51. The van der Waals surface area contributed by atoms with Gasteiger partial charge in [0, 0.05) is 18.8 Å². The van der Waals surface area contributed by atoms with Crippen LogP contribution in [-0.4, -0.2) is 36.5 Å². The van der Waals surface area contributed by atoms with Gasteiger partial charge in [-0.25, -0.2) is 4.98 Å². The largest absolute Gasteiger partial charge is 0.489 e. The molecule has 1 N–H and O–H groups in total. The quantitative estimate of drug-likeness (QED) is 0.740. The van der Waals surface area contributed by atoms with Gasteiger partial charge in [-0.1, -0.05) is 42.5 Å². The first-order valence-electron chi connectivity index (χ1n) is 8.90. The first-order chi connectivity index (χ1) is 13.6. The van der Waals surface area contributed by atoms with E-state index in [-0.39, 0.29) is 18.4 Å². The van der Waals surface area contributed by atoms with Gasteiger partial charge in [0.15, 0.2) is 5.01 Å². The van der Waals surface area contributed by atoms with Crippen LogP contribution >= 0.6 is 11.3 Å². The molecule has 0 aliphatic carbocycles. The van der Waals surface area contributed by atoms with E-state index in [9.17, 15) is 9.59 Å². The molecule has 1 aromatic heterocycles. The van der Waals surface area contributed by atoms with Crippen molar-refractivity contribution in [2.24, 2.45) is 0 Å². The van der Waals surface area contributed by atoms with Gasteiger partial charge in [0.1, 0.15) is 18.4 Å². The molecule has 1 aliphatic heterocycles. The number of carbonyl (C=O) groups excluding carboxylic acids is 2. The molecule has 1 atom stereocenters. The van der Waals surface area contributed by atoms with Gasteiger partial charge in [-0.15, -0.1) is 11.3 Å². The van der Waals surface area contributed by atoms with Crippen molar-refractivity contribution in [2.45, 2.75) is 12.5 Å². The summed E-state index contributed by atoms with van der Waals surface area (Å²) in [6, 6.07) is 16.5. The number of likely N-dealkylation sites (N-methyl/N-ethyl adjacent to an activating group) is 1. The van der Waals surface area contributed by atoms with Crippen molar-refractivity contribution in [3.8, 4) is 5.75 Å². The average Bonchev–Trinajstić information content (AvgIpc) is 3.15. The van der Waals surface area contributed by atoms with E-state index in [0.29, 0.717) is 22.9 Å². The van der Waals surface area contributed by atoms with Gasteiger partial charge in [-0.2, -0.15) is 0 Å². The fourth-order valence-electron chi connectivity index (χ4n) is 3.07. The topological polar surface area (TPSA) is 71.5 Å². The molecule has 0 bridgehead atoms. The number of thiazole rings is 1. The van der Waals surface area contributed by atoms with E-state index < -0.39 is 6.04 Å². The molecule has 7 heteroatoms. The normalized spacial score (nSPS) is 16.1. The Balaban J connectivity index is 1.45. The highest BCUT2D eigenvalue weighted by Gasteiger charge is 2.31. The minimum Gasteiger partial charge on any atom is -0.489 e. The highest BCUT2D eigenvalue weighted by Crippen LogP contribution is 2.29. The van der Waals surface area contributed by atoms with Crippen molar-refractivity contribution in [2.75, 3.05) is 18.6 Å². The van der Waals surface area contributed by atoms with Gasteiger partial charge in [0.25, 0.3) is 11.8 Å². The molecule has 0 saturated carbocycles. The van der Waals surface area contributed by atoms with E-state index in [1.165, 1.54) is 16.2 Å². The summed E-state index contributed by atoms with van der Waals surface area (Å²) < 4.78 is 5.73. The van der Waals surface area contributed by atoms with Crippen LogP contribution in [0.4, 0.5) is 5.69 Å². The van der Waals surface area contributed by atoms with Crippen molar-refractivity contribution in [1.29, 1.82) is 0 Å². The Kier molecular flexibility index (Phi) is 5.08. The number of carbonyl (C=O) groups is 2. The number of rotatable bonds is 4. The molecule has 28 heavy (non-hydrogen) atoms. The van der Waals surface area contributed by atoms with Crippen LogP contribution in [0, 0.1) is 0 Å². The molecule has 0 unspecified atom stereocenters. The second kappa shape index (κ2) is 7.82. The molecule has 3 aromatic rings. The van der Waals surface area contributed by atoms with Gasteiger partial charge in [0.2, 0.25) is 0 Å². The third-order valence-electron chi connectivity index (χ3n) is 4.54. The van der Waals surface area contributed by atoms with Crippen LogP contribution in [0.25, 0.3) is 0 Å². The highest BCUT2D eigenvalue weighted by molar-refractivity contribution is 7.11. The first-order valence-corrected chi connectivity index (χ1v) is 9.78. The maximum Gasteiger partial charge on any atom is 0.281 e. The molecule has 0 radical (unpaired) electrons. The summed E-state index contributed by atoms with van der Waals surface area (Å²) in [5.74, 6) is 0.0273. The summed E-state index contributed by atoms with van der Waals surface area (Å²) in [5.41, 5.74) is 2.64. The van der Waals surface area contributed by atoms with Crippen LogP contribution in [0.15, 0.2) is 60.0 Å². The van der Waals surface area contributed by atoms with Gasteiger partial charge in [0.05, 0.1) is 11.4 Å². The van der Waals surface area contributed by atoms with Crippen LogP contribution < -0.4 is 15.0 Å². The number of hydrogen-bond donors (Lipinski definition) is 1. The van der Waals surface area contributed by atoms with Crippen LogP contribution in [0.3, 0.4) is 0 Å². The third-order valence-corrected chi connectivity index (χ3v) is 5.43. The predicted molar refractivity (Wildman–Crippen MR) is 108 cm³/mol.